The van der Waals surface area contributed by atoms with Crippen LogP contribution in [0.4, 0.5) is 0 Å². The fourth-order valence-electron chi connectivity index (χ4n) is 1.50. The number of ether oxygens (including phenoxy) is 1. The van der Waals surface area contributed by atoms with Gasteiger partial charge in [-0.15, -0.1) is 5.10 Å². The SMILES string of the molecule is COc1ccc(Br)c(/C=N/NC(=O)c2snnc2C)c1O. The average molecular weight is 371 g/mol. The molecule has 110 valence electrons. The molecule has 0 radical (unpaired) electrons. The van der Waals surface area contributed by atoms with Crippen LogP contribution in [0.3, 0.4) is 0 Å². The number of phenols is 1. The molecule has 1 amide bonds. The van der Waals surface area contributed by atoms with E-state index in [1.165, 1.54) is 13.3 Å². The second kappa shape index (κ2) is 6.64. The minimum Gasteiger partial charge on any atom is -0.504 e. The van der Waals surface area contributed by atoms with Crippen LogP contribution in [0.15, 0.2) is 21.7 Å². The number of hydrogen-bond acceptors (Lipinski definition) is 7. The lowest BCUT2D eigenvalue weighted by molar-refractivity contribution is 0.0958. The monoisotopic (exact) mass is 370 g/mol. The van der Waals surface area contributed by atoms with Gasteiger partial charge in [0, 0.05) is 4.47 Å². The number of carbonyl (C=O) groups excluding carboxylic acids is 1. The third-order valence-electron chi connectivity index (χ3n) is 2.56. The standard InChI is InChI=1S/C12H11BrN4O3S/c1-6-11(21-17-15-6)12(19)16-14-5-7-8(13)3-4-9(20-2)10(7)18/h3-5,18H,1-2H3,(H,16,19)/b14-5+. The van der Waals surface area contributed by atoms with Crippen LogP contribution in [0.25, 0.3) is 0 Å². The topological polar surface area (TPSA) is 96.7 Å². The molecule has 0 aliphatic rings. The van der Waals surface area contributed by atoms with Crippen molar-refractivity contribution < 1.29 is 14.6 Å². The maximum absolute atomic E-state index is 11.8. The van der Waals surface area contributed by atoms with Crippen molar-refractivity contribution in [3.63, 3.8) is 0 Å². The molecule has 2 N–H and O–H groups in total. The van der Waals surface area contributed by atoms with Crippen molar-refractivity contribution in [1.29, 1.82) is 0 Å². The molecule has 0 saturated carbocycles. The number of hydrogen-bond donors (Lipinski definition) is 2. The van der Waals surface area contributed by atoms with Crippen molar-refractivity contribution in [3.8, 4) is 11.5 Å². The fraction of sp³-hybridized carbons (Fsp3) is 0.167. The number of hydrazone groups is 1. The lowest BCUT2D eigenvalue weighted by atomic mass is 10.2. The normalized spacial score (nSPS) is 10.8. The maximum atomic E-state index is 11.8. The summed E-state index contributed by atoms with van der Waals surface area (Å²) in [6.07, 6.45) is 1.32. The zero-order chi connectivity index (χ0) is 15.4. The summed E-state index contributed by atoms with van der Waals surface area (Å²) in [6.45, 7) is 1.69. The molecule has 2 rings (SSSR count). The number of nitrogens with zero attached hydrogens (tertiary/aromatic N) is 3. The number of rotatable bonds is 4. The lowest BCUT2D eigenvalue weighted by Gasteiger charge is -2.07. The Balaban J connectivity index is 2.15. The van der Waals surface area contributed by atoms with Gasteiger partial charge < -0.3 is 9.84 Å². The van der Waals surface area contributed by atoms with Crippen LogP contribution in [0, 0.1) is 6.92 Å². The van der Waals surface area contributed by atoms with Gasteiger partial charge in [-0.1, -0.05) is 4.49 Å². The summed E-state index contributed by atoms with van der Waals surface area (Å²) in [5, 5.41) is 17.5. The second-order valence-electron chi connectivity index (χ2n) is 3.90. The second-order valence-corrected chi connectivity index (χ2v) is 5.51. The number of carbonyl (C=O) groups is 1. The molecule has 1 heterocycles. The van der Waals surface area contributed by atoms with Gasteiger partial charge in [-0.05, 0) is 46.5 Å². The Labute approximate surface area is 132 Å². The molecule has 1 aromatic heterocycles. The number of aromatic hydroxyl groups is 1. The minimum atomic E-state index is -0.405. The molecule has 0 atom stereocenters. The summed E-state index contributed by atoms with van der Waals surface area (Å²) in [5.41, 5.74) is 3.29. The largest absolute Gasteiger partial charge is 0.504 e. The zero-order valence-electron chi connectivity index (χ0n) is 11.1. The van der Waals surface area contributed by atoms with Crippen LogP contribution in [-0.4, -0.2) is 33.9 Å². The minimum absolute atomic E-state index is 0.0690. The van der Waals surface area contributed by atoms with Crippen molar-refractivity contribution in [2.24, 2.45) is 5.10 Å². The maximum Gasteiger partial charge on any atom is 0.285 e. The molecule has 0 bridgehead atoms. The molecular weight excluding hydrogens is 360 g/mol. The number of aromatic nitrogens is 2. The fourth-order valence-corrected chi connectivity index (χ4v) is 2.47. The Morgan fingerprint density at radius 2 is 2.33 bits per heavy atom. The van der Waals surface area contributed by atoms with Gasteiger partial charge in [0.05, 0.1) is 24.6 Å². The number of aryl methyl sites for hydroxylation is 1. The van der Waals surface area contributed by atoms with E-state index >= 15 is 0 Å². The van der Waals surface area contributed by atoms with Crippen LogP contribution < -0.4 is 10.2 Å². The van der Waals surface area contributed by atoms with Gasteiger partial charge in [-0.3, -0.25) is 4.79 Å². The van der Waals surface area contributed by atoms with Gasteiger partial charge in [0.25, 0.3) is 5.91 Å². The summed E-state index contributed by atoms with van der Waals surface area (Å²) in [6, 6.07) is 3.32. The van der Waals surface area contributed by atoms with Crippen LogP contribution in [0.5, 0.6) is 11.5 Å². The highest BCUT2D eigenvalue weighted by molar-refractivity contribution is 9.10. The Bertz CT molecular complexity index is 702. The van der Waals surface area contributed by atoms with Crippen LogP contribution in [-0.2, 0) is 0 Å². The van der Waals surface area contributed by atoms with Gasteiger partial charge >= 0.3 is 0 Å². The summed E-state index contributed by atoms with van der Waals surface area (Å²) >= 11 is 4.28. The Hall–Kier alpha value is -2.00. The first-order valence-electron chi connectivity index (χ1n) is 5.72. The molecule has 0 saturated heterocycles. The van der Waals surface area contributed by atoms with Crippen LogP contribution in [0.2, 0.25) is 0 Å². The van der Waals surface area contributed by atoms with Gasteiger partial charge in [-0.2, -0.15) is 5.10 Å². The zero-order valence-corrected chi connectivity index (χ0v) is 13.5. The number of phenolic OH excluding ortho intramolecular Hbond substituents is 1. The quantitative estimate of drug-likeness (QED) is 0.634. The summed E-state index contributed by atoms with van der Waals surface area (Å²) in [4.78, 5) is 12.2. The van der Waals surface area contributed by atoms with E-state index in [0.29, 0.717) is 26.4 Å². The highest BCUT2D eigenvalue weighted by Gasteiger charge is 2.13. The Kier molecular flexibility index (Phi) is 4.86. The summed E-state index contributed by atoms with van der Waals surface area (Å²) in [5.74, 6) is -0.161. The van der Waals surface area contributed by atoms with E-state index in [9.17, 15) is 9.90 Å². The van der Waals surface area contributed by atoms with E-state index in [2.05, 4.69) is 36.0 Å². The van der Waals surface area contributed by atoms with Crippen molar-refractivity contribution in [1.82, 2.24) is 15.0 Å². The summed E-state index contributed by atoms with van der Waals surface area (Å²) in [7, 11) is 1.45. The predicted octanol–water partition coefficient (Wildman–Crippen LogP) is 2.09. The molecule has 21 heavy (non-hydrogen) atoms. The van der Waals surface area contributed by atoms with Gasteiger partial charge in [0.15, 0.2) is 11.5 Å². The molecule has 0 spiro atoms. The van der Waals surface area contributed by atoms with Crippen molar-refractivity contribution in [2.75, 3.05) is 7.11 Å². The molecule has 9 heteroatoms. The molecular formula is C12H11BrN4O3S. The van der Waals surface area contributed by atoms with E-state index in [1.807, 2.05) is 0 Å². The number of methoxy groups -OCH3 is 1. The predicted molar refractivity (Wildman–Crippen MR) is 82.1 cm³/mol. The number of halogens is 1. The highest BCUT2D eigenvalue weighted by Crippen LogP contribution is 2.33. The third kappa shape index (κ3) is 3.37. The van der Waals surface area contributed by atoms with Gasteiger partial charge in [0.1, 0.15) is 4.88 Å². The molecule has 0 aliphatic heterocycles. The molecule has 0 unspecified atom stereocenters. The molecule has 7 nitrogen and oxygen atoms in total. The first-order valence-corrected chi connectivity index (χ1v) is 7.29. The summed E-state index contributed by atoms with van der Waals surface area (Å²) < 4.78 is 9.30. The van der Waals surface area contributed by atoms with Gasteiger partial charge in [0.2, 0.25) is 0 Å². The Morgan fingerprint density at radius 3 is 2.95 bits per heavy atom. The highest BCUT2D eigenvalue weighted by atomic mass is 79.9. The van der Waals surface area contributed by atoms with E-state index < -0.39 is 5.91 Å². The molecule has 1 aromatic carbocycles. The number of nitrogens with one attached hydrogen (secondary N) is 1. The van der Waals surface area contributed by atoms with Crippen molar-refractivity contribution in [3.05, 3.63) is 32.7 Å². The lowest BCUT2D eigenvalue weighted by Crippen LogP contribution is -2.17. The van der Waals surface area contributed by atoms with E-state index in [0.717, 1.165) is 11.5 Å². The number of benzene rings is 1. The first kappa shape index (κ1) is 15.4. The average Bonchev–Trinajstić information content (AvgIpc) is 2.88. The van der Waals surface area contributed by atoms with Crippen LogP contribution >= 0.6 is 27.5 Å². The van der Waals surface area contributed by atoms with Gasteiger partial charge in [-0.25, -0.2) is 5.43 Å². The van der Waals surface area contributed by atoms with E-state index in [4.69, 9.17) is 4.74 Å². The van der Waals surface area contributed by atoms with Crippen molar-refractivity contribution in [2.45, 2.75) is 6.92 Å². The smallest absolute Gasteiger partial charge is 0.285 e. The van der Waals surface area contributed by atoms with E-state index in [1.54, 1.807) is 19.1 Å². The van der Waals surface area contributed by atoms with Crippen molar-refractivity contribution >= 4 is 39.6 Å². The molecule has 0 aliphatic carbocycles. The molecule has 2 aromatic rings. The Morgan fingerprint density at radius 1 is 1.57 bits per heavy atom. The first-order chi connectivity index (χ1) is 10.0. The third-order valence-corrected chi connectivity index (χ3v) is 4.08. The number of amides is 1. The molecule has 0 fully saturated rings. The van der Waals surface area contributed by atoms with E-state index in [-0.39, 0.29) is 5.75 Å². The van der Waals surface area contributed by atoms with Crippen LogP contribution in [0.1, 0.15) is 20.9 Å².